The Morgan fingerprint density at radius 2 is 1.93 bits per heavy atom. The quantitative estimate of drug-likeness (QED) is 0.668. The van der Waals surface area contributed by atoms with Crippen LogP contribution in [-0.2, 0) is 0 Å². The monoisotopic (exact) mass is 404 g/mol. The summed E-state index contributed by atoms with van der Waals surface area (Å²) < 4.78 is 7.22. The van der Waals surface area contributed by atoms with E-state index in [1.807, 2.05) is 28.9 Å². The molecule has 2 aromatic carbocycles. The van der Waals surface area contributed by atoms with Gasteiger partial charge in [-0.25, -0.2) is 4.68 Å². The molecule has 30 heavy (non-hydrogen) atoms. The van der Waals surface area contributed by atoms with Gasteiger partial charge < -0.3 is 15.4 Å². The lowest BCUT2D eigenvalue weighted by Gasteiger charge is -2.25. The molecule has 1 aliphatic rings. The molecule has 6 heteroatoms. The Morgan fingerprint density at radius 3 is 2.67 bits per heavy atom. The van der Waals surface area contributed by atoms with Crippen molar-refractivity contribution in [2.24, 2.45) is 0 Å². The van der Waals surface area contributed by atoms with E-state index in [1.165, 1.54) is 11.1 Å². The number of nitrogens with one attached hydrogen (secondary N) is 2. The van der Waals surface area contributed by atoms with Crippen molar-refractivity contribution in [1.82, 2.24) is 15.1 Å². The van der Waals surface area contributed by atoms with Crippen LogP contribution in [-0.4, -0.2) is 35.9 Å². The number of carbonyl (C=O) groups excluding carboxylic acids is 1. The Kier molecular flexibility index (Phi) is 5.86. The van der Waals surface area contributed by atoms with Crippen molar-refractivity contribution in [2.45, 2.75) is 32.6 Å². The number of rotatable bonds is 5. The number of hydrogen-bond donors (Lipinski definition) is 2. The first-order valence-electron chi connectivity index (χ1n) is 10.4. The number of benzene rings is 2. The Bertz CT molecular complexity index is 1050. The predicted octanol–water partition coefficient (Wildman–Crippen LogP) is 4.22. The minimum Gasteiger partial charge on any atom is -0.497 e. The van der Waals surface area contributed by atoms with Gasteiger partial charge in [0.2, 0.25) is 0 Å². The maximum absolute atomic E-state index is 13.2. The van der Waals surface area contributed by atoms with Crippen molar-refractivity contribution < 1.29 is 9.53 Å². The predicted molar refractivity (Wildman–Crippen MR) is 119 cm³/mol. The van der Waals surface area contributed by atoms with E-state index in [0.29, 0.717) is 17.0 Å². The summed E-state index contributed by atoms with van der Waals surface area (Å²) in [7, 11) is 1.61. The lowest BCUT2D eigenvalue weighted by molar-refractivity contribution is 0.102. The van der Waals surface area contributed by atoms with Crippen molar-refractivity contribution in [3.63, 3.8) is 0 Å². The molecule has 6 nitrogen and oxygen atoms in total. The number of amides is 1. The molecule has 0 saturated carbocycles. The molecular weight excluding hydrogens is 376 g/mol. The number of aryl methyl sites for hydroxylation is 2. The summed E-state index contributed by atoms with van der Waals surface area (Å²) >= 11 is 0. The average Bonchev–Trinajstić information content (AvgIpc) is 3.22. The van der Waals surface area contributed by atoms with Crippen molar-refractivity contribution >= 4 is 11.6 Å². The summed E-state index contributed by atoms with van der Waals surface area (Å²) in [5.41, 5.74) is 5.76. The number of aromatic nitrogens is 2. The van der Waals surface area contributed by atoms with E-state index in [4.69, 9.17) is 4.74 Å². The molecule has 2 N–H and O–H groups in total. The molecule has 156 valence electrons. The van der Waals surface area contributed by atoms with Crippen LogP contribution in [0.1, 0.15) is 45.9 Å². The number of nitrogens with zero attached hydrogens (tertiary/aromatic N) is 2. The van der Waals surface area contributed by atoms with Gasteiger partial charge in [-0.15, -0.1) is 0 Å². The van der Waals surface area contributed by atoms with Crippen LogP contribution in [0.4, 0.5) is 5.69 Å². The van der Waals surface area contributed by atoms with E-state index in [1.54, 1.807) is 13.3 Å². The van der Waals surface area contributed by atoms with Crippen LogP contribution in [0.2, 0.25) is 0 Å². The second-order valence-corrected chi connectivity index (χ2v) is 7.83. The van der Waals surface area contributed by atoms with Gasteiger partial charge in [-0.2, -0.15) is 5.10 Å². The van der Waals surface area contributed by atoms with Crippen LogP contribution < -0.4 is 15.4 Å². The molecule has 0 aliphatic carbocycles. The van der Waals surface area contributed by atoms with Crippen LogP contribution in [0.25, 0.3) is 5.69 Å². The van der Waals surface area contributed by atoms with Gasteiger partial charge in [0.1, 0.15) is 5.75 Å². The fourth-order valence-electron chi connectivity index (χ4n) is 3.98. The van der Waals surface area contributed by atoms with Crippen molar-refractivity contribution in [3.05, 3.63) is 71.0 Å². The number of carbonyl (C=O) groups is 1. The third-order valence-corrected chi connectivity index (χ3v) is 5.84. The second-order valence-electron chi connectivity index (χ2n) is 7.83. The fraction of sp³-hybridized carbons (Fsp3) is 0.333. The van der Waals surface area contributed by atoms with E-state index in [-0.39, 0.29) is 11.8 Å². The highest BCUT2D eigenvalue weighted by atomic mass is 16.5. The van der Waals surface area contributed by atoms with Gasteiger partial charge in [0.25, 0.3) is 5.91 Å². The number of anilines is 1. The third kappa shape index (κ3) is 4.09. The van der Waals surface area contributed by atoms with Gasteiger partial charge in [-0.05, 0) is 75.2 Å². The van der Waals surface area contributed by atoms with E-state index in [9.17, 15) is 4.79 Å². The van der Waals surface area contributed by atoms with Gasteiger partial charge >= 0.3 is 0 Å². The smallest absolute Gasteiger partial charge is 0.259 e. The minimum atomic E-state index is -0.146. The van der Waals surface area contributed by atoms with Crippen LogP contribution in [0.3, 0.4) is 0 Å². The zero-order chi connectivity index (χ0) is 21.1. The highest BCUT2D eigenvalue weighted by Gasteiger charge is 2.27. The summed E-state index contributed by atoms with van der Waals surface area (Å²) in [4.78, 5) is 13.2. The molecule has 0 atom stereocenters. The topological polar surface area (TPSA) is 68.2 Å². The van der Waals surface area contributed by atoms with E-state index < -0.39 is 0 Å². The first-order valence-corrected chi connectivity index (χ1v) is 10.4. The number of piperidine rings is 1. The van der Waals surface area contributed by atoms with Crippen LogP contribution in [0.15, 0.2) is 48.7 Å². The molecule has 1 aromatic heterocycles. The zero-order valence-electron chi connectivity index (χ0n) is 17.7. The summed E-state index contributed by atoms with van der Waals surface area (Å²) in [6, 6.07) is 13.7. The zero-order valence-corrected chi connectivity index (χ0v) is 17.7. The van der Waals surface area contributed by atoms with Gasteiger partial charge in [-0.1, -0.05) is 12.1 Å². The molecule has 2 heterocycles. The molecule has 3 aromatic rings. The molecule has 1 amide bonds. The average molecular weight is 405 g/mol. The van der Waals surface area contributed by atoms with Crippen molar-refractivity contribution in [2.75, 3.05) is 25.5 Å². The van der Waals surface area contributed by atoms with E-state index in [0.717, 1.165) is 37.3 Å². The molecule has 0 spiro atoms. The number of hydrogen-bond acceptors (Lipinski definition) is 4. The largest absolute Gasteiger partial charge is 0.497 e. The summed E-state index contributed by atoms with van der Waals surface area (Å²) in [5, 5.41) is 11.1. The maximum atomic E-state index is 13.2. The van der Waals surface area contributed by atoms with Crippen LogP contribution in [0, 0.1) is 13.8 Å². The Morgan fingerprint density at radius 1 is 1.13 bits per heavy atom. The highest BCUT2D eigenvalue weighted by molar-refractivity contribution is 6.05. The maximum Gasteiger partial charge on any atom is 0.259 e. The first kappa shape index (κ1) is 20.2. The third-order valence-electron chi connectivity index (χ3n) is 5.84. The lowest BCUT2D eigenvalue weighted by Crippen LogP contribution is -2.29. The number of ether oxygens (including phenoxy) is 1. The molecule has 4 rings (SSSR count). The Hall–Kier alpha value is -3.12. The van der Waals surface area contributed by atoms with E-state index >= 15 is 0 Å². The van der Waals surface area contributed by atoms with Gasteiger partial charge in [0.05, 0.1) is 30.3 Å². The van der Waals surface area contributed by atoms with Gasteiger partial charge in [0.15, 0.2) is 0 Å². The summed E-state index contributed by atoms with van der Waals surface area (Å²) in [5.74, 6) is 0.838. The van der Waals surface area contributed by atoms with Crippen LogP contribution in [0.5, 0.6) is 5.75 Å². The molecular formula is C24H28N4O2. The molecule has 0 bridgehead atoms. The first-order chi connectivity index (χ1) is 14.6. The Labute approximate surface area is 177 Å². The normalized spacial score (nSPS) is 14.5. The summed E-state index contributed by atoms with van der Waals surface area (Å²) in [6.45, 7) is 6.09. The standard InChI is InChI=1S/C24H28N4O2/c1-16-7-8-20(13-17(16)2)28-23(18-9-11-25-12-10-18)22(15-26-28)24(29)27-19-5-4-6-21(14-19)30-3/h4-8,13-15,18,25H,9-12H2,1-3H3,(H,27,29). The second kappa shape index (κ2) is 8.71. The Balaban J connectivity index is 1.72. The highest BCUT2D eigenvalue weighted by Crippen LogP contribution is 2.31. The lowest BCUT2D eigenvalue weighted by atomic mass is 9.91. The van der Waals surface area contributed by atoms with Crippen molar-refractivity contribution in [1.29, 1.82) is 0 Å². The van der Waals surface area contributed by atoms with Crippen molar-refractivity contribution in [3.8, 4) is 11.4 Å². The molecule has 0 unspecified atom stereocenters. The minimum absolute atomic E-state index is 0.146. The van der Waals surface area contributed by atoms with Crippen LogP contribution >= 0.6 is 0 Å². The van der Waals surface area contributed by atoms with E-state index in [2.05, 4.69) is 47.8 Å². The number of methoxy groups -OCH3 is 1. The molecule has 1 fully saturated rings. The molecule has 1 aliphatic heterocycles. The SMILES string of the molecule is COc1cccc(NC(=O)c2cnn(-c3ccc(C)c(C)c3)c2C2CCNCC2)c1. The van der Waals surface area contributed by atoms with Gasteiger partial charge in [0, 0.05) is 17.7 Å². The summed E-state index contributed by atoms with van der Waals surface area (Å²) in [6.07, 6.45) is 3.66. The fourth-order valence-corrected chi connectivity index (χ4v) is 3.98. The molecule has 1 saturated heterocycles. The molecule has 0 radical (unpaired) electrons. The van der Waals surface area contributed by atoms with Gasteiger partial charge in [-0.3, -0.25) is 4.79 Å².